The number of pyridine rings is 1. The first-order valence-corrected chi connectivity index (χ1v) is 6.00. The van der Waals surface area contributed by atoms with Gasteiger partial charge in [0, 0.05) is 29.9 Å². The fourth-order valence-electron chi connectivity index (χ4n) is 1.66. The summed E-state index contributed by atoms with van der Waals surface area (Å²) < 4.78 is 5.09. The number of rotatable bonds is 4. The van der Waals surface area contributed by atoms with Crippen LogP contribution in [0, 0.1) is 5.92 Å². The minimum atomic E-state index is -0.113. The average molecular weight is 257 g/mol. The Bertz CT molecular complexity index is 582. The highest BCUT2D eigenvalue weighted by molar-refractivity contribution is 6.02. The summed E-state index contributed by atoms with van der Waals surface area (Å²) in [4.78, 5) is 24.8. The molecule has 0 saturated heterocycles. The molecule has 0 aliphatic carbocycles. The fourth-order valence-corrected chi connectivity index (χ4v) is 1.66. The van der Waals surface area contributed by atoms with Gasteiger partial charge in [0.1, 0.15) is 5.69 Å². The van der Waals surface area contributed by atoms with Crippen molar-refractivity contribution in [1.29, 1.82) is 0 Å². The Kier molecular flexibility index (Phi) is 3.85. The third-order valence-electron chi connectivity index (χ3n) is 2.65. The zero-order valence-corrected chi connectivity index (χ0v) is 11.1. The van der Waals surface area contributed by atoms with E-state index in [0.717, 1.165) is 0 Å². The summed E-state index contributed by atoms with van der Waals surface area (Å²) in [5, 5.41) is 0. The Morgan fingerprint density at radius 1 is 1.21 bits per heavy atom. The van der Waals surface area contributed by atoms with Crippen LogP contribution in [-0.4, -0.2) is 27.8 Å². The largest absolute Gasteiger partial charge is 0.481 e. The second kappa shape index (κ2) is 5.56. The second-order valence-electron chi connectivity index (χ2n) is 4.34. The molecule has 0 unspecified atom stereocenters. The van der Waals surface area contributed by atoms with Gasteiger partial charge in [-0.05, 0) is 12.1 Å². The van der Waals surface area contributed by atoms with E-state index in [4.69, 9.17) is 4.74 Å². The SMILES string of the molecule is COc1ccc(C(=O)C(C)C)c(-c2ncccn2)n1. The number of ether oxygens (including phenoxy) is 1. The minimum absolute atomic E-state index is 0.0117. The molecule has 98 valence electrons. The van der Waals surface area contributed by atoms with E-state index in [1.165, 1.54) is 7.11 Å². The average Bonchev–Trinajstić information content (AvgIpc) is 2.46. The van der Waals surface area contributed by atoms with Crippen LogP contribution in [0.4, 0.5) is 0 Å². The first kappa shape index (κ1) is 13.1. The molecule has 0 aromatic carbocycles. The smallest absolute Gasteiger partial charge is 0.213 e. The first-order chi connectivity index (χ1) is 9.13. The summed E-state index contributed by atoms with van der Waals surface area (Å²) in [6.07, 6.45) is 3.24. The molecule has 0 amide bonds. The zero-order valence-electron chi connectivity index (χ0n) is 11.1. The van der Waals surface area contributed by atoms with Crippen molar-refractivity contribution in [3.05, 3.63) is 36.2 Å². The van der Waals surface area contributed by atoms with Crippen LogP contribution in [0.1, 0.15) is 24.2 Å². The topological polar surface area (TPSA) is 65.0 Å². The summed E-state index contributed by atoms with van der Waals surface area (Å²) in [7, 11) is 1.53. The number of nitrogens with zero attached hydrogens (tertiary/aromatic N) is 3. The van der Waals surface area contributed by atoms with Crippen molar-refractivity contribution in [2.45, 2.75) is 13.8 Å². The van der Waals surface area contributed by atoms with Gasteiger partial charge in [-0.3, -0.25) is 4.79 Å². The molecule has 19 heavy (non-hydrogen) atoms. The van der Waals surface area contributed by atoms with Crippen LogP contribution in [0.15, 0.2) is 30.6 Å². The van der Waals surface area contributed by atoms with E-state index >= 15 is 0 Å². The molecule has 0 spiro atoms. The maximum Gasteiger partial charge on any atom is 0.213 e. The van der Waals surface area contributed by atoms with Gasteiger partial charge in [0.15, 0.2) is 11.6 Å². The molecule has 2 aromatic heterocycles. The predicted molar refractivity (Wildman–Crippen MR) is 71.0 cm³/mol. The first-order valence-electron chi connectivity index (χ1n) is 6.00. The van der Waals surface area contributed by atoms with Crippen LogP contribution >= 0.6 is 0 Å². The lowest BCUT2D eigenvalue weighted by molar-refractivity contribution is 0.0939. The summed E-state index contributed by atoms with van der Waals surface area (Å²) in [6, 6.07) is 5.09. The number of hydrogen-bond acceptors (Lipinski definition) is 5. The van der Waals surface area contributed by atoms with Gasteiger partial charge in [-0.15, -0.1) is 0 Å². The Hall–Kier alpha value is -2.30. The van der Waals surface area contributed by atoms with Crippen molar-refractivity contribution < 1.29 is 9.53 Å². The molecule has 0 fully saturated rings. The van der Waals surface area contributed by atoms with E-state index in [2.05, 4.69) is 15.0 Å². The normalized spacial score (nSPS) is 10.5. The Morgan fingerprint density at radius 3 is 2.47 bits per heavy atom. The van der Waals surface area contributed by atoms with Gasteiger partial charge in [-0.1, -0.05) is 13.8 Å². The number of ketones is 1. The molecule has 0 aliphatic rings. The highest BCUT2D eigenvalue weighted by atomic mass is 16.5. The van der Waals surface area contributed by atoms with Crippen molar-refractivity contribution in [2.24, 2.45) is 5.92 Å². The van der Waals surface area contributed by atoms with E-state index in [-0.39, 0.29) is 11.7 Å². The van der Waals surface area contributed by atoms with Crippen molar-refractivity contribution in [2.75, 3.05) is 7.11 Å². The summed E-state index contributed by atoms with van der Waals surface area (Å²) >= 11 is 0. The Morgan fingerprint density at radius 2 is 1.89 bits per heavy atom. The summed E-state index contributed by atoms with van der Waals surface area (Å²) in [5.41, 5.74) is 0.973. The number of carbonyl (C=O) groups excluding carboxylic acids is 1. The van der Waals surface area contributed by atoms with Gasteiger partial charge in [0.2, 0.25) is 5.88 Å². The van der Waals surface area contributed by atoms with E-state index in [0.29, 0.717) is 23.0 Å². The predicted octanol–water partition coefficient (Wildman–Crippen LogP) is 2.39. The number of Topliss-reactive ketones (excluding diaryl/α,β-unsaturated/α-hetero) is 1. The highest BCUT2D eigenvalue weighted by Crippen LogP contribution is 2.23. The van der Waals surface area contributed by atoms with Gasteiger partial charge >= 0.3 is 0 Å². The molecule has 0 radical (unpaired) electrons. The molecular formula is C14H15N3O2. The van der Waals surface area contributed by atoms with Crippen LogP contribution in [0.3, 0.4) is 0 Å². The third kappa shape index (κ3) is 2.76. The van der Waals surface area contributed by atoms with Crippen LogP contribution in [0.2, 0.25) is 0 Å². The lowest BCUT2D eigenvalue weighted by Crippen LogP contribution is -2.11. The second-order valence-corrected chi connectivity index (χ2v) is 4.34. The van der Waals surface area contributed by atoms with Crippen LogP contribution in [0.5, 0.6) is 5.88 Å². The van der Waals surface area contributed by atoms with Crippen molar-refractivity contribution >= 4 is 5.78 Å². The molecule has 2 rings (SSSR count). The summed E-state index contributed by atoms with van der Waals surface area (Å²) in [5.74, 6) is 0.753. The number of carbonyl (C=O) groups is 1. The van der Waals surface area contributed by atoms with Crippen molar-refractivity contribution in [3.8, 4) is 17.4 Å². The quantitative estimate of drug-likeness (QED) is 0.787. The Balaban J connectivity index is 2.58. The molecule has 2 aromatic rings. The van der Waals surface area contributed by atoms with Crippen LogP contribution in [-0.2, 0) is 0 Å². The van der Waals surface area contributed by atoms with Gasteiger partial charge in [-0.25, -0.2) is 15.0 Å². The van der Waals surface area contributed by atoms with Gasteiger partial charge < -0.3 is 4.74 Å². The molecule has 0 N–H and O–H groups in total. The standard InChI is InChI=1S/C14H15N3O2/c1-9(2)13(18)10-5-6-11(19-3)17-12(10)14-15-7-4-8-16-14/h4-9H,1-3H3. The molecule has 5 heteroatoms. The van der Waals surface area contributed by atoms with Gasteiger partial charge in [0.05, 0.1) is 7.11 Å². The van der Waals surface area contributed by atoms with E-state index in [9.17, 15) is 4.79 Å². The maximum absolute atomic E-state index is 12.2. The van der Waals surface area contributed by atoms with E-state index in [1.54, 1.807) is 30.6 Å². The summed E-state index contributed by atoms with van der Waals surface area (Å²) in [6.45, 7) is 3.70. The number of methoxy groups -OCH3 is 1. The molecule has 0 saturated carbocycles. The molecular weight excluding hydrogens is 242 g/mol. The number of hydrogen-bond donors (Lipinski definition) is 0. The Labute approximate surface area is 111 Å². The monoisotopic (exact) mass is 257 g/mol. The fraction of sp³-hybridized carbons (Fsp3) is 0.286. The molecule has 0 bridgehead atoms. The van der Waals surface area contributed by atoms with E-state index < -0.39 is 0 Å². The van der Waals surface area contributed by atoms with Gasteiger partial charge in [0.25, 0.3) is 0 Å². The molecule has 2 heterocycles. The third-order valence-corrected chi connectivity index (χ3v) is 2.65. The van der Waals surface area contributed by atoms with Crippen molar-refractivity contribution in [3.63, 3.8) is 0 Å². The lowest BCUT2D eigenvalue weighted by Gasteiger charge is -2.10. The maximum atomic E-state index is 12.2. The number of aromatic nitrogens is 3. The molecule has 5 nitrogen and oxygen atoms in total. The van der Waals surface area contributed by atoms with Gasteiger partial charge in [-0.2, -0.15) is 0 Å². The zero-order chi connectivity index (χ0) is 13.8. The lowest BCUT2D eigenvalue weighted by atomic mass is 9.99. The van der Waals surface area contributed by atoms with Crippen LogP contribution < -0.4 is 4.74 Å². The molecule has 0 atom stereocenters. The van der Waals surface area contributed by atoms with E-state index in [1.807, 2.05) is 13.8 Å². The highest BCUT2D eigenvalue weighted by Gasteiger charge is 2.19. The minimum Gasteiger partial charge on any atom is -0.481 e. The van der Waals surface area contributed by atoms with Crippen molar-refractivity contribution in [1.82, 2.24) is 15.0 Å². The molecule has 0 aliphatic heterocycles. The van der Waals surface area contributed by atoms with Crippen LogP contribution in [0.25, 0.3) is 11.5 Å².